The number of nitrogen functional groups attached to an aromatic ring is 1. The number of hydrogen-bond acceptors (Lipinski definition) is 5. The number of aryl methyl sites for hydroxylation is 1. The van der Waals surface area contributed by atoms with E-state index in [0.717, 1.165) is 0 Å². The minimum atomic E-state index is -0.431. The average molecular weight is 248 g/mol. The zero-order valence-corrected chi connectivity index (χ0v) is 10.1. The van der Waals surface area contributed by atoms with Crippen LogP contribution in [0.3, 0.4) is 0 Å². The third-order valence-electron chi connectivity index (χ3n) is 2.42. The molecule has 1 aromatic heterocycles. The zero-order chi connectivity index (χ0) is 13.1. The van der Waals surface area contributed by atoms with Crippen LogP contribution < -0.4 is 10.5 Å². The quantitative estimate of drug-likeness (QED) is 0.897. The van der Waals surface area contributed by atoms with Crippen LogP contribution in [0.4, 0.5) is 10.3 Å². The van der Waals surface area contributed by atoms with E-state index in [1.807, 2.05) is 6.92 Å². The fourth-order valence-corrected chi connectivity index (χ4v) is 1.52. The first-order chi connectivity index (χ1) is 8.63. The Balaban J connectivity index is 2.51. The Morgan fingerprint density at radius 2 is 2.06 bits per heavy atom. The van der Waals surface area contributed by atoms with Crippen molar-refractivity contribution in [1.29, 1.82) is 0 Å². The van der Waals surface area contributed by atoms with E-state index < -0.39 is 5.82 Å². The number of hydrogen-bond donors (Lipinski definition) is 1. The van der Waals surface area contributed by atoms with Crippen LogP contribution in [0.1, 0.15) is 12.7 Å². The first kappa shape index (κ1) is 12.2. The summed E-state index contributed by atoms with van der Waals surface area (Å²) < 4.78 is 18.2. The molecule has 5 nitrogen and oxygen atoms in total. The smallest absolute Gasteiger partial charge is 0.223 e. The van der Waals surface area contributed by atoms with E-state index in [-0.39, 0.29) is 11.7 Å². The molecule has 0 fully saturated rings. The molecule has 0 saturated carbocycles. The first-order valence-corrected chi connectivity index (χ1v) is 5.48. The summed E-state index contributed by atoms with van der Waals surface area (Å²) in [5, 5.41) is 0. The molecule has 18 heavy (non-hydrogen) atoms. The molecule has 0 radical (unpaired) electrons. The molecule has 0 amide bonds. The van der Waals surface area contributed by atoms with Crippen LogP contribution >= 0.6 is 0 Å². The van der Waals surface area contributed by atoms with Crippen molar-refractivity contribution in [3.8, 4) is 17.1 Å². The van der Waals surface area contributed by atoms with Gasteiger partial charge < -0.3 is 10.5 Å². The molecule has 0 saturated heterocycles. The maximum atomic E-state index is 13.3. The number of halogens is 1. The van der Waals surface area contributed by atoms with E-state index in [2.05, 4.69) is 15.0 Å². The Hall–Kier alpha value is -2.24. The molecular weight excluding hydrogens is 235 g/mol. The van der Waals surface area contributed by atoms with E-state index in [4.69, 9.17) is 10.5 Å². The molecule has 0 aliphatic rings. The summed E-state index contributed by atoms with van der Waals surface area (Å²) in [4.78, 5) is 12.3. The molecule has 0 spiro atoms. The van der Waals surface area contributed by atoms with Crippen molar-refractivity contribution in [2.24, 2.45) is 0 Å². The van der Waals surface area contributed by atoms with Gasteiger partial charge in [-0.2, -0.15) is 9.97 Å². The summed E-state index contributed by atoms with van der Waals surface area (Å²) in [6.07, 6.45) is 0.651. The topological polar surface area (TPSA) is 73.9 Å². The van der Waals surface area contributed by atoms with Crippen molar-refractivity contribution in [3.05, 3.63) is 29.8 Å². The molecule has 2 N–H and O–H groups in total. The summed E-state index contributed by atoms with van der Waals surface area (Å²) >= 11 is 0. The highest BCUT2D eigenvalue weighted by atomic mass is 19.1. The van der Waals surface area contributed by atoms with Crippen molar-refractivity contribution < 1.29 is 9.13 Å². The van der Waals surface area contributed by atoms with Crippen LogP contribution in [-0.4, -0.2) is 22.1 Å². The van der Waals surface area contributed by atoms with E-state index in [1.165, 1.54) is 19.2 Å². The predicted molar refractivity (Wildman–Crippen MR) is 65.6 cm³/mol. The number of methoxy groups -OCH3 is 1. The highest BCUT2D eigenvalue weighted by Gasteiger charge is 2.09. The molecule has 1 aromatic carbocycles. The minimum Gasteiger partial charge on any atom is -0.494 e. The first-order valence-electron chi connectivity index (χ1n) is 5.48. The monoisotopic (exact) mass is 248 g/mol. The van der Waals surface area contributed by atoms with Crippen LogP contribution in [0.25, 0.3) is 11.4 Å². The van der Waals surface area contributed by atoms with Gasteiger partial charge in [0, 0.05) is 12.0 Å². The van der Waals surface area contributed by atoms with Gasteiger partial charge in [-0.3, -0.25) is 0 Å². The van der Waals surface area contributed by atoms with Crippen molar-refractivity contribution >= 4 is 5.95 Å². The summed E-state index contributed by atoms with van der Waals surface area (Å²) in [5.41, 5.74) is 6.24. The van der Waals surface area contributed by atoms with Gasteiger partial charge in [0.25, 0.3) is 0 Å². The van der Waals surface area contributed by atoms with Gasteiger partial charge in [-0.25, -0.2) is 9.37 Å². The molecule has 0 unspecified atom stereocenters. The van der Waals surface area contributed by atoms with E-state index in [0.29, 0.717) is 23.6 Å². The molecule has 94 valence electrons. The Labute approximate surface area is 104 Å². The number of nitrogens with zero attached hydrogens (tertiary/aromatic N) is 3. The van der Waals surface area contributed by atoms with E-state index in [9.17, 15) is 4.39 Å². The molecule has 0 aliphatic carbocycles. The fraction of sp³-hybridized carbons (Fsp3) is 0.250. The lowest BCUT2D eigenvalue weighted by Crippen LogP contribution is -2.04. The third-order valence-corrected chi connectivity index (χ3v) is 2.42. The van der Waals surface area contributed by atoms with Crippen molar-refractivity contribution in [3.63, 3.8) is 0 Å². The molecule has 2 rings (SSSR count). The van der Waals surface area contributed by atoms with Gasteiger partial charge in [0.05, 0.1) is 7.11 Å². The summed E-state index contributed by atoms with van der Waals surface area (Å²) in [5.74, 6) is 0.877. The summed E-state index contributed by atoms with van der Waals surface area (Å²) in [6.45, 7) is 1.92. The fourth-order valence-electron chi connectivity index (χ4n) is 1.52. The molecule has 2 aromatic rings. The molecule has 6 heteroatoms. The maximum absolute atomic E-state index is 13.3. The van der Waals surface area contributed by atoms with Crippen LogP contribution in [0.2, 0.25) is 0 Å². The molecule has 0 aliphatic heterocycles. The lowest BCUT2D eigenvalue weighted by Gasteiger charge is -2.06. The number of rotatable bonds is 3. The van der Waals surface area contributed by atoms with E-state index in [1.54, 1.807) is 6.07 Å². The van der Waals surface area contributed by atoms with Gasteiger partial charge in [-0.05, 0) is 18.2 Å². The number of benzene rings is 1. The van der Waals surface area contributed by atoms with Crippen molar-refractivity contribution in [2.45, 2.75) is 13.3 Å². The van der Waals surface area contributed by atoms with Gasteiger partial charge in [0.1, 0.15) is 5.82 Å². The largest absolute Gasteiger partial charge is 0.494 e. The lowest BCUT2D eigenvalue weighted by atomic mass is 10.2. The number of anilines is 1. The SMILES string of the molecule is CCc1nc(N)nc(-c2ccc(F)c(OC)c2)n1. The summed E-state index contributed by atoms with van der Waals surface area (Å²) in [7, 11) is 1.40. The second-order valence-corrected chi connectivity index (χ2v) is 3.64. The average Bonchev–Trinajstić information content (AvgIpc) is 2.38. The number of aromatic nitrogens is 3. The van der Waals surface area contributed by atoms with Gasteiger partial charge >= 0.3 is 0 Å². The molecule has 0 atom stereocenters. The predicted octanol–water partition coefficient (Wildman–Crippen LogP) is 1.83. The normalized spacial score (nSPS) is 10.4. The van der Waals surface area contributed by atoms with Crippen LogP contribution in [-0.2, 0) is 6.42 Å². The molecule has 1 heterocycles. The van der Waals surface area contributed by atoms with Gasteiger partial charge in [-0.1, -0.05) is 6.92 Å². The lowest BCUT2D eigenvalue weighted by molar-refractivity contribution is 0.386. The van der Waals surface area contributed by atoms with Crippen molar-refractivity contribution in [2.75, 3.05) is 12.8 Å². The Morgan fingerprint density at radius 3 is 2.72 bits per heavy atom. The Bertz CT molecular complexity index is 574. The maximum Gasteiger partial charge on any atom is 0.223 e. The van der Waals surface area contributed by atoms with Crippen LogP contribution in [0.15, 0.2) is 18.2 Å². The number of nitrogens with two attached hydrogens (primary N) is 1. The van der Waals surface area contributed by atoms with Gasteiger partial charge in [-0.15, -0.1) is 0 Å². The van der Waals surface area contributed by atoms with E-state index >= 15 is 0 Å². The second kappa shape index (κ2) is 4.95. The zero-order valence-electron chi connectivity index (χ0n) is 10.1. The van der Waals surface area contributed by atoms with Crippen LogP contribution in [0.5, 0.6) is 5.75 Å². The van der Waals surface area contributed by atoms with Crippen LogP contribution in [0, 0.1) is 5.82 Å². The minimum absolute atomic E-state index is 0.143. The third kappa shape index (κ3) is 2.37. The highest BCUT2D eigenvalue weighted by Crippen LogP contribution is 2.24. The molecule has 0 bridgehead atoms. The highest BCUT2D eigenvalue weighted by molar-refractivity contribution is 5.58. The van der Waals surface area contributed by atoms with Crippen molar-refractivity contribution in [1.82, 2.24) is 15.0 Å². The van der Waals surface area contributed by atoms with Gasteiger partial charge in [0.2, 0.25) is 5.95 Å². The number of ether oxygens (including phenoxy) is 1. The summed E-state index contributed by atoms with van der Waals surface area (Å²) in [6, 6.07) is 4.41. The Kier molecular flexibility index (Phi) is 3.36. The Morgan fingerprint density at radius 1 is 1.28 bits per heavy atom. The molecular formula is C12H13FN4O. The standard InChI is InChI=1S/C12H13FN4O/c1-3-10-15-11(17-12(14)16-10)7-4-5-8(13)9(6-7)18-2/h4-6H,3H2,1-2H3,(H2,14,15,16,17). The second-order valence-electron chi connectivity index (χ2n) is 3.64. The van der Waals surface area contributed by atoms with Gasteiger partial charge in [0.15, 0.2) is 17.4 Å².